The lowest BCUT2D eigenvalue weighted by Gasteiger charge is -2.24. The number of anilines is 1. The van der Waals surface area contributed by atoms with Gasteiger partial charge in [-0.2, -0.15) is 0 Å². The monoisotopic (exact) mass is 462 g/mol. The number of benzene rings is 4. The van der Waals surface area contributed by atoms with Gasteiger partial charge in [0.2, 0.25) is 5.91 Å². The summed E-state index contributed by atoms with van der Waals surface area (Å²) in [5, 5.41) is 0. The van der Waals surface area contributed by atoms with Crippen LogP contribution in [0.5, 0.6) is 0 Å². The Morgan fingerprint density at radius 2 is 1.17 bits per heavy atom. The molecule has 0 N–H and O–H groups in total. The summed E-state index contributed by atoms with van der Waals surface area (Å²) in [5.41, 5.74) is 5.70. The summed E-state index contributed by atoms with van der Waals surface area (Å²) in [5.74, 6) is -0.00364. The third kappa shape index (κ3) is 6.45. The fourth-order valence-corrected chi connectivity index (χ4v) is 3.94. The van der Waals surface area contributed by atoms with Crippen molar-refractivity contribution in [3.05, 3.63) is 137 Å². The maximum absolute atomic E-state index is 13.4. The standard InChI is InChI=1S/C31H30N2O2/c1-24-13-15-27(16-14-24)23-33(31(35)28-11-7-4-8-12-28)29-19-17-25(18-20-29)21-30(34)32(2)22-26-9-5-3-6-10-26/h3-20H,21-23H2,1-2H3. The SMILES string of the molecule is Cc1ccc(CN(C(=O)c2ccccc2)c2ccc(CC(=O)N(C)Cc3ccccc3)cc2)cc1. The molecule has 0 spiro atoms. The summed E-state index contributed by atoms with van der Waals surface area (Å²) in [6.07, 6.45) is 0.314. The Kier molecular flexibility index (Phi) is 7.74. The highest BCUT2D eigenvalue weighted by Gasteiger charge is 2.19. The molecule has 0 saturated carbocycles. The molecular formula is C31H30N2O2. The van der Waals surface area contributed by atoms with Crippen LogP contribution in [0.15, 0.2) is 109 Å². The van der Waals surface area contributed by atoms with Gasteiger partial charge in [0.15, 0.2) is 0 Å². The third-order valence-electron chi connectivity index (χ3n) is 6.02. The third-order valence-corrected chi connectivity index (χ3v) is 6.02. The van der Waals surface area contributed by atoms with Crippen LogP contribution in [-0.2, 0) is 24.3 Å². The molecule has 176 valence electrons. The molecule has 4 heteroatoms. The van der Waals surface area contributed by atoms with E-state index in [1.54, 1.807) is 9.80 Å². The molecule has 0 atom stereocenters. The van der Waals surface area contributed by atoms with Crippen LogP contribution in [0, 0.1) is 6.92 Å². The van der Waals surface area contributed by atoms with E-state index in [2.05, 4.69) is 24.3 Å². The number of carbonyl (C=O) groups is 2. The Morgan fingerprint density at radius 1 is 0.629 bits per heavy atom. The van der Waals surface area contributed by atoms with Gasteiger partial charge in [0.05, 0.1) is 13.0 Å². The zero-order valence-corrected chi connectivity index (χ0v) is 20.2. The lowest BCUT2D eigenvalue weighted by Crippen LogP contribution is -2.30. The minimum atomic E-state index is -0.0578. The van der Waals surface area contributed by atoms with Gasteiger partial charge in [0, 0.05) is 24.8 Å². The maximum Gasteiger partial charge on any atom is 0.258 e. The zero-order valence-electron chi connectivity index (χ0n) is 20.2. The molecule has 0 saturated heterocycles. The van der Waals surface area contributed by atoms with Crippen molar-refractivity contribution in [3.8, 4) is 0 Å². The molecule has 0 radical (unpaired) electrons. The minimum Gasteiger partial charge on any atom is -0.341 e. The summed E-state index contributed by atoms with van der Waals surface area (Å²) in [7, 11) is 1.82. The molecule has 2 amide bonds. The van der Waals surface area contributed by atoms with Gasteiger partial charge < -0.3 is 9.80 Å². The topological polar surface area (TPSA) is 40.6 Å². The first-order chi connectivity index (χ1) is 17.0. The molecule has 0 aliphatic rings. The normalized spacial score (nSPS) is 10.6. The van der Waals surface area contributed by atoms with Crippen LogP contribution < -0.4 is 4.90 Å². The average Bonchev–Trinajstić information content (AvgIpc) is 2.89. The van der Waals surface area contributed by atoms with Crippen molar-refractivity contribution in [2.24, 2.45) is 0 Å². The predicted octanol–water partition coefficient (Wildman–Crippen LogP) is 6.04. The van der Waals surface area contributed by atoms with Crippen LogP contribution in [0.3, 0.4) is 0 Å². The molecular weight excluding hydrogens is 432 g/mol. The highest BCUT2D eigenvalue weighted by Crippen LogP contribution is 2.22. The van der Waals surface area contributed by atoms with E-state index in [0.717, 1.165) is 22.4 Å². The van der Waals surface area contributed by atoms with Crippen molar-refractivity contribution in [2.75, 3.05) is 11.9 Å². The molecule has 4 nitrogen and oxygen atoms in total. The van der Waals surface area contributed by atoms with Gasteiger partial charge in [-0.05, 0) is 47.9 Å². The van der Waals surface area contributed by atoms with Crippen molar-refractivity contribution < 1.29 is 9.59 Å². The van der Waals surface area contributed by atoms with Crippen LogP contribution >= 0.6 is 0 Å². The number of rotatable bonds is 8. The summed E-state index contributed by atoms with van der Waals surface area (Å²) in [4.78, 5) is 29.7. The van der Waals surface area contributed by atoms with E-state index in [0.29, 0.717) is 25.1 Å². The minimum absolute atomic E-state index is 0.0541. The van der Waals surface area contributed by atoms with Gasteiger partial charge in [0.1, 0.15) is 0 Å². The van der Waals surface area contributed by atoms with Gasteiger partial charge in [-0.25, -0.2) is 0 Å². The smallest absolute Gasteiger partial charge is 0.258 e. The van der Waals surface area contributed by atoms with Crippen LogP contribution in [0.2, 0.25) is 0 Å². The average molecular weight is 463 g/mol. The number of hydrogen-bond acceptors (Lipinski definition) is 2. The Hall–Kier alpha value is -4.18. The van der Waals surface area contributed by atoms with E-state index >= 15 is 0 Å². The lowest BCUT2D eigenvalue weighted by molar-refractivity contribution is -0.129. The molecule has 0 heterocycles. The van der Waals surface area contributed by atoms with Crippen molar-refractivity contribution in [1.82, 2.24) is 4.90 Å². The molecule has 4 aromatic carbocycles. The highest BCUT2D eigenvalue weighted by molar-refractivity contribution is 6.06. The predicted molar refractivity (Wildman–Crippen MR) is 141 cm³/mol. The second kappa shape index (κ2) is 11.3. The fraction of sp³-hybridized carbons (Fsp3) is 0.161. The second-order valence-electron chi connectivity index (χ2n) is 8.82. The van der Waals surface area contributed by atoms with E-state index in [1.807, 2.05) is 98.9 Å². The summed E-state index contributed by atoms with van der Waals surface area (Å²) in [6, 6.07) is 35.2. The summed E-state index contributed by atoms with van der Waals surface area (Å²) < 4.78 is 0. The van der Waals surface area contributed by atoms with Gasteiger partial charge >= 0.3 is 0 Å². The van der Waals surface area contributed by atoms with Gasteiger partial charge in [-0.3, -0.25) is 9.59 Å². The van der Waals surface area contributed by atoms with E-state index in [4.69, 9.17) is 0 Å². The van der Waals surface area contributed by atoms with Crippen LogP contribution in [0.4, 0.5) is 5.69 Å². The molecule has 35 heavy (non-hydrogen) atoms. The van der Waals surface area contributed by atoms with Gasteiger partial charge in [-0.1, -0.05) is 90.5 Å². The number of nitrogens with zero attached hydrogens (tertiary/aromatic N) is 2. The first kappa shape index (κ1) is 24.0. The van der Waals surface area contributed by atoms with Crippen LogP contribution in [0.25, 0.3) is 0 Å². The molecule has 4 aromatic rings. The van der Waals surface area contributed by atoms with E-state index < -0.39 is 0 Å². The first-order valence-electron chi connectivity index (χ1n) is 11.8. The number of likely N-dealkylation sites (N-methyl/N-ethyl adjacent to an activating group) is 1. The lowest BCUT2D eigenvalue weighted by atomic mass is 10.1. The van der Waals surface area contributed by atoms with Crippen LogP contribution in [-0.4, -0.2) is 23.8 Å². The molecule has 4 rings (SSSR count). The molecule has 0 fully saturated rings. The fourth-order valence-electron chi connectivity index (χ4n) is 3.94. The van der Waals surface area contributed by atoms with Crippen molar-refractivity contribution in [3.63, 3.8) is 0 Å². The number of aryl methyl sites for hydroxylation is 1. The van der Waals surface area contributed by atoms with Gasteiger partial charge in [0.25, 0.3) is 5.91 Å². The maximum atomic E-state index is 13.4. The van der Waals surface area contributed by atoms with E-state index in [-0.39, 0.29) is 11.8 Å². The van der Waals surface area contributed by atoms with Gasteiger partial charge in [-0.15, -0.1) is 0 Å². The number of amides is 2. The van der Waals surface area contributed by atoms with E-state index in [1.165, 1.54) is 5.56 Å². The largest absolute Gasteiger partial charge is 0.341 e. The number of carbonyl (C=O) groups excluding carboxylic acids is 2. The molecule has 0 aliphatic heterocycles. The summed E-state index contributed by atoms with van der Waals surface area (Å²) >= 11 is 0. The molecule has 0 aromatic heterocycles. The Morgan fingerprint density at radius 3 is 1.80 bits per heavy atom. The molecule has 0 bridgehead atoms. The Bertz CT molecular complexity index is 1250. The van der Waals surface area contributed by atoms with Crippen LogP contribution in [0.1, 0.15) is 32.6 Å². The molecule has 0 aliphatic carbocycles. The van der Waals surface area contributed by atoms with Crippen molar-refractivity contribution in [1.29, 1.82) is 0 Å². The highest BCUT2D eigenvalue weighted by atomic mass is 16.2. The number of hydrogen-bond donors (Lipinski definition) is 0. The Labute approximate surface area is 207 Å². The van der Waals surface area contributed by atoms with Crippen molar-refractivity contribution in [2.45, 2.75) is 26.4 Å². The Balaban J connectivity index is 1.50. The summed E-state index contributed by atoms with van der Waals surface area (Å²) in [6.45, 7) is 3.09. The second-order valence-corrected chi connectivity index (χ2v) is 8.82. The molecule has 0 unspecified atom stereocenters. The zero-order chi connectivity index (χ0) is 24.6. The van der Waals surface area contributed by atoms with E-state index in [9.17, 15) is 9.59 Å². The van der Waals surface area contributed by atoms with Crippen molar-refractivity contribution >= 4 is 17.5 Å². The first-order valence-corrected chi connectivity index (χ1v) is 11.8. The quantitative estimate of drug-likeness (QED) is 0.320.